The fourth-order valence-corrected chi connectivity index (χ4v) is 3.73. The summed E-state index contributed by atoms with van der Waals surface area (Å²) in [6.45, 7) is 1.60. The lowest BCUT2D eigenvalue weighted by atomic mass is 10.0. The number of carboxylic acid groups (broad SMARTS) is 1. The summed E-state index contributed by atoms with van der Waals surface area (Å²) in [6, 6.07) is 13.9. The summed E-state index contributed by atoms with van der Waals surface area (Å²) >= 11 is 0. The van der Waals surface area contributed by atoms with Gasteiger partial charge in [0.1, 0.15) is 6.04 Å². The zero-order valence-electron chi connectivity index (χ0n) is 14.8. The van der Waals surface area contributed by atoms with E-state index >= 15 is 0 Å². The normalized spacial score (nSPS) is 15.7. The van der Waals surface area contributed by atoms with E-state index in [2.05, 4.69) is 10.3 Å². The number of anilines is 1. The number of hydrogen-bond donors (Lipinski definition) is 3. The Morgan fingerprint density at radius 2 is 1.81 bits per heavy atom. The van der Waals surface area contributed by atoms with E-state index in [-0.39, 0.29) is 5.91 Å². The van der Waals surface area contributed by atoms with Crippen molar-refractivity contribution in [3.05, 3.63) is 65.9 Å². The van der Waals surface area contributed by atoms with Crippen LogP contribution in [0.15, 0.2) is 54.7 Å². The van der Waals surface area contributed by atoms with Crippen molar-refractivity contribution in [2.75, 3.05) is 18.4 Å². The maximum atomic E-state index is 12.3. The Morgan fingerprint density at radius 1 is 1.07 bits per heavy atom. The molecule has 138 valence electrons. The highest BCUT2D eigenvalue weighted by molar-refractivity contribution is 6.05. The van der Waals surface area contributed by atoms with Crippen LogP contribution in [0, 0.1) is 0 Å². The maximum absolute atomic E-state index is 12.3. The molecule has 1 amide bonds. The molecule has 3 aromatic rings. The molecule has 1 unspecified atom stereocenters. The van der Waals surface area contributed by atoms with Crippen LogP contribution < -0.4 is 5.32 Å². The van der Waals surface area contributed by atoms with Gasteiger partial charge < -0.3 is 15.4 Å². The van der Waals surface area contributed by atoms with E-state index in [0.717, 1.165) is 42.4 Å². The smallest absolute Gasteiger partial charge is 0.325 e. The average molecular weight is 363 g/mol. The Labute approximate surface area is 156 Å². The molecule has 4 rings (SSSR count). The van der Waals surface area contributed by atoms with Crippen LogP contribution in [-0.4, -0.2) is 40.0 Å². The number of amides is 1. The van der Waals surface area contributed by atoms with Gasteiger partial charge in [-0.2, -0.15) is 0 Å². The number of nitrogens with one attached hydrogen (secondary N) is 2. The van der Waals surface area contributed by atoms with Crippen LogP contribution in [0.5, 0.6) is 0 Å². The van der Waals surface area contributed by atoms with Crippen LogP contribution in [-0.2, 0) is 4.79 Å². The number of nitrogens with zero attached hydrogens (tertiary/aromatic N) is 1. The molecule has 0 aliphatic carbocycles. The van der Waals surface area contributed by atoms with Gasteiger partial charge in [-0.1, -0.05) is 24.3 Å². The number of carbonyl (C=O) groups is 2. The molecule has 0 radical (unpaired) electrons. The summed E-state index contributed by atoms with van der Waals surface area (Å²) in [5.41, 5.74) is 2.82. The van der Waals surface area contributed by atoms with E-state index in [1.807, 2.05) is 41.3 Å². The van der Waals surface area contributed by atoms with Crippen LogP contribution in [0.1, 0.15) is 34.8 Å². The number of fused-ring (bicyclic) bond motifs is 1. The molecule has 1 aromatic heterocycles. The first kappa shape index (κ1) is 17.3. The fourth-order valence-electron chi connectivity index (χ4n) is 3.73. The highest BCUT2D eigenvalue weighted by Crippen LogP contribution is 2.32. The first-order valence-corrected chi connectivity index (χ1v) is 9.08. The minimum Gasteiger partial charge on any atom is -0.480 e. The standard InChI is InChI=1S/C21H21N3O3/c25-20(14-6-2-1-3-7-14)23-15-8-9-16-17(13-22-18(16)12-15)19(21(26)27)24-10-4-5-11-24/h1-3,6-9,12-13,19,22H,4-5,10-11H2,(H,23,25)(H,26,27). The van der Waals surface area contributed by atoms with E-state index < -0.39 is 12.0 Å². The Bertz CT molecular complexity index is 975. The van der Waals surface area contributed by atoms with Crippen molar-refractivity contribution in [2.45, 2.75) is 18.9 Å². The van der Waals surface area contributed by atoms with Gasteiger partial charge in [-0.15, -0.1) is 0 Å². The average Bonchev–Trinajstić information content (AvgIpc) is 3.33. The molecule has 0 saturated carbocycles. The molecule has 2 aromatic carbocycles. The van der Waals surface area contributed by atoms with Gasteiger partial charge in [0.15, 0.2) is 0 Å². The number of rotatable bonds is 5. The zero-order valence-corrected chi connectivity index (χ0v) is 14.8. The number of aliphatic carboxylic acids is 1. The lowest BCUT2D eigenvalue weighted by Gasteiger charge is -2.23. The van der Waals surface area contributed by atoms with Crippen molar-refractivity contribution in [3.63, 3.8) is 0 Å². The molecule has 3 N–H and O–H groups in total. The van der Waals surface area contributed by atoms with Crippen molar-refractivity contribution in [1.29, 1.82) is 0 Å². The van der Waals surface area contributed by atoms with Gasteiger partial charge in [0.2, 0.25) is 0 Å². The van der Waals surface area contributed by atoms with Crippen molar-refractivity contribution >= 4 is 28.5 Å². The number of benzene rings is 2. The van der Waals surface area contributed by atoms with Crippen molar-refractivity contribution < 1.29 is 14.7 Å². The zero-order chi connectivity index (χ0) is 18.8. The van der Waals surface area contributed by atoms with Gasteiger partial charge in [-0.25, -0.2) is 0 Å². The Kier molecular flexibility index (Phi) is 4.64. The maximum Gasteiger partial charge on any atom is 0.325 e. The quantitative estimate of drug-likeness (QED) is 0.646. The van der Waals surface area contributed by atoms with Gasteiger partial charge in [0.05, 0.1) is 0 Å². The molecule has 2 heterocycles. The number of aromatic nitrogens is 1. The topological polar surface area (TPSA) is 85.4 Å². The van der Waals surface area contributed by atoms with Crippen molar-refractivity contribution in [3.8, 4) is 0 Å². The van der Waals surface area contributed by atoms with E-state index in [1.165, 1.54) is 0 Å². The molecule has 1 fully saturated rings. The lowest BCUT2D eigenvalue weighted by molar-refractivity contribution is -0.143. The van der Waals surface area contributed by atoms with Crippen LogP contribution in [0.4, 0.5) is 5.69 Å². The van der Waals surface area contributed by atoms with Crippen molar-refractivity contribution in [2.24, 2.45) is 0 Å². The van der Waals surface area contributed by atoms with Gasteiger partial charge in [0.25, 0.3) is 5.91 Å². The van der Waals surface area contributed by atoms with Gasteiger partial charge in [-0.05, 0) is 50.2 Å². The van der Waals surface area contributed by atoms with E-state index in [4.69, 9.17) is 0 Å². The summed E-state index contributed by atoms with van der Waals surface area (Å²) in [4.78, 5) is 29.4. The minimum absolute atomic E-state index is 0.179. The molecule has 1 aliphatic rings. The number of hydrogen-bond acceptors (Lipinski definition) is 3. The molecule has 1 aliphatic heterocycles. The molecule has 6 heteroatoms. The largest absolute Gasteiger partial charge is 0.480 e. The summed E-state index contributed by atoms with van der Waals surface area (Å²) in [6.07, 6.45) is 3.83. The second-order valence-electron chi connectivity index (χ2n) is 6.81. The first-order chi connectivity index (χ1) is 13.1. The molecule has 0 bridgehead atoms. The van der Waals surface area contributed by atoms with Crippen LogP contribution >= 0.6 is 0 Å². The van der Waals surface area contributed by atoms with E-state index in [0.29, 0.717) is 11.3 Å². The molecule has 0 spiro atoms. The Balaban J connectivity index is 1.61. The summed E-state index contributed by atoms with van der Waals surface area (Å²) in [7, 11) is 0. The molecular weight excluding hydrogens is 342 g/mol. The number of carbonyl (C=O) groups excluding carboxylic acids is 1. The highest BCUT2D eigenvalue weighted by atomic mass is 16.4. The Hall–Kier alpha value is -3.12. The van der Waals surface area contributed by atoms with Crippen molar-refractivity contribution in [1.82, 2.24) is 9.88 Å². The third-order valence-corrected chi connectivity index (χ3v) is 5.04. The second-order valence-corrected chi connectivity index (χ2v) is 6.81. The predicted molar refractivity (Wildman–Crippen MR) is 104 cm³/mol. The summed E-state index contributed by atoms with van der Waals surface area (Å²) in [5.74, 6) is -1.01. The highest BCUT2D eigenvalue weighted by Gasteiger charge is 2.31. The van der Waals surface area contributed by atoms with Gasteiger partial charge in [0, 0.05) is 33.9 Å². The number of likely N-dealkylation sites (tertiary alicyclic amines) is 1. The number of carboxylic acids is 1. The minimum atomic E-state index is -0.834. The molecule has 1 atom stereocenters. The molecular formula is C21H21N3O3. The second kappa shape index (κ2) is 7.25. The Morgan fingerprint density at radius 3 is 2.52 bits per heavy atom. The van der Waals surface area contributed by atoms with Crippen LogP contribution in [0.2, 0.25) is 0 Å². The van der Waals surface area contributed by atoms with E-state index in [1.54, 1.807) is 18.3 Å². The number of aromatic amines is 1. The number of H-pyrrole nitrogens is 1. The SMILES string of the molecule is O=C(Nc1ccc2c(C(C(=O)O)N3CCCC3)c[nH]c2c1)c1ccccc1. The molecule has 1 saturated heterocycles. The first-order valence-electron chi connectivity index (χ1n) is 9.08. The lowest BCUT2D eigenvalue weighted by Crippen LogP contribution is -2.31. The van der Waals surface area contributed by atoms with Gasteiger partial charge in [-0.3, -0.25) is 14.5 Å². The molecule has 6 nitrogen and oxygen atoms in total. The van der Waals surface area contributed by atoms with Crippen LogP contribution in [0.3, 0.4) is 0 Å². The van der Waals surface area contributed by atoms with E-state index in [9.17, 15) is 14.7 Å². The predicted octanol–water partition coefficient (Wildman–Crippen LogP) is 3.64. The fraction of sp³-hybridized carbons (Fsp3) is 0.238. The third kappa shape index (κ3) is 3.44. The summed E-state index contributed by atoms with van der Waals surface area (Å²) in [5, 5.41) is 13.5. The third-order valence-electron chi connectivity index (χ3n) is 5.04. The monoisotopic (exact) mass is 363 g/mol. The summed E-state index contributed by atoms with van der Waals surface area (Å²) < 4.78 is 0. The molecule has 27 heavy (non-hydrogen) atoms. The van der Waals surface area contributed by atoms with Gasteiger partial charge >= 0.3 is 5.97 Å². The van der Waals surface area contributed by atoms with Crippen LogP contribution in [0.25, 0.3) is 10.9 Å².